The number of thiophene rings is 1. The molecule has 134 valence electrons. The van der Waals surface area contributed by atoms with Crippen molar-refractivity contribution in [2.45, 2.75) is 13.0 Å². The number of carbonyl (C=O) groups is 2. The molecule has 0 saturated heterocycles. The Morgan fingerprint density at radius 2 is 1.96 bits per heavy atom. The molecular formula is C18H16FN3O2S2. The van der Waals surface area contributed by atoms with Crippen molar-refractivity contribution in [3.63, 3.8) is 0 Å². The van der Waals surface area contributed by atoms with Crippen molar-refractivity contribution in [2.75, 3.05) is 12.4 Å². The van der Waals surface area contributed by atoms with Crippen LogP contribution in [0.5, 0.6) is 0 Å². The van der Waals surface area contributed by atoms with Gasteiger partial charge >= 0.3 is 0 Å². The lowest BCUT2D eigenvalue weighted by molar-refractivity contribution is -0.129. The second-order valence-electron chi connectivity index (χ2n) is 5.63. The number of anilines is 1. The summed E-state index contributed by atoms with van der Waals surface area (Å²) < 4.78 is 12.9. The molecule has 2 amide bonds. The lowest BCUT2D eigenvalue weighted by Crippen LogP contribution is -2.27. The average molecular weight is 389 g/mol. The molecule has 0 unspecified atom stereocenters. The Morgan fingerprint density at radius 3 is 2.65 bits per heavy atom. The molecule has 8 heteroatoms. The molecular weight excluding hydrogens is 373 g/mol. The third kappa shape index (κ3) is 4.74. The highest BCUT2D eigenvalue weighted by atomic mass is 32.1. The molecule has 0 spiro atoms. The molecule has 2 heterocycles. The standard InChI is InChI=1S/C18H16FN3O2S2/c1-22(10-12-4-6-13(19)7-5-12)16(23)9-14-11-26-18(20-14)21-17(24)15-3-2-8-25-15/h2-8,11H,9-10H2,1H3,(H,20,21,24). The molecule has 0 aliphatic rings. The van der Waals surface area contributed by atoms with E-state index >= 15 is 0 Å². The van der Waals surface area contributed by atoms with Gasteiger partial charge in [-0.1, -0.05) is 18.2 Å². The maximum absolute atomic E-state index is 12.9. The van der Waals surface area contributed by atoms with E-state index in [4.69, 9.17) is 0 Å². The Hall–Kier alpha value is -2.58. The first-order valence-electron chi connectivity index (χ1n) is 7.79. The topological polar surface area (TPSA) is 62.3 Å². The average Bonchev–Trinajstić information content (AvgIpc) is 3.29. The second kappa shape index (κ2) is 8.20. The third-order valence-corrected chi connectivity index (χ3v) is 5.28. The molecule has 3 aromatic rings. The van der Waals surface area contributed by atoms with Crippen molar-refractivity contribution in [2.24, 2.45) is 0 Å². The molecule has 3 rings (SSSR count). The van der Waals surface area contributed by atoms with Crippen molar-refractivity contribution < 1.29 is 14.0 Å². The smallest absolute Gasteiger partial charge is 0.267 e. The van der Waals surface area contributed by atoms with Crippen LogP contribution in [0, 0.1) is 5.82 Å². The third-order valence-electron chi connectivity index (χ3n) is 3.61. The SMILES string of the molecule is CN(Cc1ccc(F)cc1)C(=O)Cc1csc(NC(=O)c2cccs2)n1. The van der Waals surface area contributed by atoms with Crippen molar-refractivity contribution >= 4 is 39.6 Å². The van der Waals surface area contributed by atoms with Crippen LogP contribution in [0.2, 0.25) is 0 Å². The van der Waals surface area contributed by atoms with Crippen molar-refractivity contribution in [3.05, 3.63) is 69.1 Å². The minimum Gasteiger partial charge on any atom is -0.341 e. The van der Waals surface area contributed by atoms with Crippen molar-refractivity contribution in [1.29, 1.82) is 0 Å². The fourth-order valence-corrected chi connectivity index (χ4v) is 3.58. The van der Waals surface area contributed by atoms with Gasteiger partial charge in [0.25, 0.3) is 5.91 Å². The zero-order chi connectivity index (χ0) is 18.5. The Balaban J connectivity index is 1.55. The summed E-state index contributed by atoms with van der Waals surface area (Å²) in [6, 6.07) is 9.60. The molecule has 26 heavy (non-hydrogen) atoms. The van der Waals surface area contributed by atoms with Gasteiger partial charge in [-0.15, -0.1) is 22.7 Å². The van der Waals surface area contributed by atoms with E-state index in [1.165, 1.54) is 34.8 Å². The molecule has 0 aliphatic carbocycles. The molecule has 0 bridgehead atoms. The predicted molar refractivity (Wildman–Crippen MR) is 101 cm³/mol. The highest BCUT2D eigenvalue weighted by Crippen LogP contribution is 2.19. The van der Waals surface area contributed by atoms with E-state index < -0.39 is 0 Å². The minimum atomic E-state index is -0.303. The largest absolute Gasteiger partial charge is 0.341 e. The molecule has 0 radical (unpaired) electrons. The maximum Gasteiger partial charge on any atom is 0.267 e. The predicted octanol–water partition coefficient (Wildman–Crippen LogP) is 3.80. The minimum absolute atomic E-state index is 0.101. The number of hydrogen-bond donors (Lipinski definition) is 1. The summed E-state index contributed by atoms with van der Waals surface area (Å²) >= 11 is 2.64. The van der Waals surface area contributed by atoms with Gasteiger partial charge in [-0.25, -0.2) is 9.37 Å². The fraction of sp³-hybridized carbons (Fsp3) is 0.167. The lowest BCUT2D eigenvalue weighted by Gasteiger charge is -2.16. The Bertz CT molecular complexity index is 892. The quantitative estimate of drug-likeness (QED) is 0.698. The van der Waals surface area contributed by atoms with Gasteiger partial charge in [-0.2, -0.15) is 0 Å². The number of rotatable bonds is 6. The summed E-state index contributed by atoms with van der Waals surface area (Å²) in [5.41, 5.74) is 1.46. The fourth-order valence-electron chi connectivity index (χ4n) is 2.25. The van der Waals surface area contributed by atoms with E-state index in [1.54, 1.807) is 35.5 Å². The Morgan fingerprint density at radius 1 is 1.19 bits per heavy atom. The van der Waals surface area contributed by atoms with Gasteiger partial charge in [-0.05, 0) is 29.1 Å². The molecule has 1 N–H and O–H groups in total. The first-order valence-corrected chi connectivity index (χ1v) is 9.55. The number of amides is 2. The van der Waals surface area contributed by atoms with E-state index in [1.807, 2.05) is 11.4 Å². The van der Waals surface area contributed by atoms with Crippen LogP contribution < -0.4 is 5.32 Å². The molecule has 0 saturated carbocycles. The van der Waals surface area contributed by atoms with Crippen LogP contribution in [0.25, 0.3) is 0 Å². The van der Waals surface area contributed by atoms with Crippen LogP contribution >= 0.6 is 22.7 Å². The zero-order valence-corrected chi connectivity index (χ0v) is 15.6. The van der Waals surface area contributed by atoms with Gasteiger partial charge in [0.2, 0.25) is 5.91 Å². The van der Waals surface area contributed by atoms with E-state index in [2.05, 4.69) is 10.3 Å². The van der Waals surface area contributed by atoms with E-state index in [0.29, 0.717) is 22.2 Å². The monoisotopic (exact) mass is 389 g/mol. The van der Waals surface area contributed by atoms with Crippen LogP contribution in [0.4, 0.5) is 9.52 Å². The zero-order valence-electron chi connectivity index (χ0n) is 13.9. The van der Waals surface area contributed by atoms with Crippen molar-refractivity contribution in [1.82, 2.24) is 9.88 Å². The van der Waals surface area contributed by atoms with Gasteiger partial charge in [0.05, 0.1) is 17.0 Å². The number of likely N-dealkylation sites (N-methyl/N-ethyl adjacent to an activating group) is 1. The number of hydrogen-bond acceptors (Lipinski definition) is 5. The first-order chi connectivity index (χ1) is 12.5. The van der Waals surface area contributed by atoms with Crippen LogP contribution in [-0.2, 0) is 17.8 Å². The van der Waals surface area contributed by atoms with Crippen LogP contribution in [0.1, 0.15) is 20.9 Å². The summed E-state index contributed by atoms with van der Waals surface area (Å²) in [7, 11) is 1.69. The summed E-state index contributed by atoms with van der Waals surface area (Å²) in [6.45, 7) is 0.394. The van der Waals surface area contributed by atoms with Gasteiger partial charge in [0, 0.05) is 19.0 Å². The number of thiazole rings is 1. The molecule has 2 aromatic heterocycles. The first kappa shape index (κ1) is 18.2. The number of nitrogens with one attached hydrogen (secondary N) is 1. The highest BCUT2D eigenvalue weighted by molar-refractivity contribution is 7.14. The van der Waals surface area contributed by atoms with Crippen molar-refractivity contribution in [3.8, 4) is 0 Å². The van der Waals surface area contributed by atoms with Gasteiger partial charge < -0.3 is 4.90 Å². The summed E-state index contributed by atoms with van der Waals surface area (Å²) in [4.78, 5) is 30.8. The number of carbonyl (C=O) groups excluding carboxylic acids is 2. The molecule has 5 nitrogen and oxygen atoms in total. The van der Waals surface area contributed by atoms with E-state index in [9.17, 15) is 14.0 Å². The van der Waals surface area contributed by atoms with E-state index in [0.717, 1.165) is 5.56 Å². The number of aromatic nitrogens is 1. The van der Waals surface area contributed by atoms with Crippen LogP contribution in [0.15, 0.2) is 47.2 Å². The number of halogens is 1. The van der Waals surface area contributed by atoms with E-state index in [-0.39, 0.29) is 24.1 Å². The molecule has 0 aliphatic heterocycles. The summed E-state index contributed by atoms with van der Waals surface area (Å²) in [6.07, 6.45) is 0.142. The van der Waals surface area contributed by atoms with Gasteiger partial charge in [0.15, 0.2) is 5.13 Å². The highest BCUT2D eigenvalue weighted by Gasteiger charge is 2.14. The molecule has 0 fully saturated rings. The number of nitrogens with zero attached hydrogens (tertiary/aromatic N) is 2. The molecule has 0 atom stereocenters. The van der Waals surface area contributed by atoms with Gasteiger partial charge in [-0.3, -0.25) is 14.9 Å². The van der Waals surface area contributed by atoms with Crippen LogP contribution in [-0.4, -0.2) is 28.7 Å². The Kier molecular flexibility index (Phi) is 5.75. The maximum atomic E-state index is 12.9. The number of benzene rings is 1. The molecule has 1 aromatic carbocycles. The van der Waals surface area contributed by atoms with Gasteiger partial charge in [0.1, 0.15) is 5.82 Å². The second-order valence-corrected chi connectivity index (χ2v) is 7.43. The summed E-state index contributed by atoms with van der Waals surface area (Å²) in [5, 5.41) is 6.78. The van der Waals surface area contributed by atoms with Crippen LogP contribution in [0.3, 0.4) is 0 Å². The normalized spacial score (nSPS) is 10.5. The summed E-state index contributed by atoms with van der Waals surface area (Å²) in [5.74, 6) is -0.612. The lowest BCUT2D eigenvalue weighted by atomic mass is 10.2. The Labute approximate surface area is 158 Å².